The Balaban J connectivity index is 2.63. The molecule has 0 spiro atoms. The molecule has 0 amide bonds. The molecule has 0 aliphatic carbocycles. The van der Waals surface area contributed by atoms with Gasteiger partial charge >= 0.3 is 0 Å². The molecule has 0 bridgehead atoms. The Bertz CT molecular complexity index is 266. The molecular formula is C11H19N3S. The van der Waals surface area contributed by atoms with Crippen molar-refractivity contribution in [2.75, 3.05) is 32.1 Å². The molecule has 1 heterocycles. The summed E-state index contributed by atoms with van der Waals surface area (Å²) in [6, 6.07) is 4.33. The summed E-state index contributed by atoms with van der Waals surface area (Å²) < 4.78 is 0. The van der Waals surface area contributed by atoms with Gasteiger partial charge in [0.25, 0.3) is 0 Å². The second-order valence-electron chi connectivity index (χ2n) is 3.51. The van der Waals surface area contributed by atoms with Crippen LogP contribution in [0, 0.1) is 0 Å². The van der Waals surface area contributed by atoms with Crippen molar-refractivity contribution in [1.29, 1.82) is 0 Å². The lowest BCUT2D eigenvalue weighted by Gasteiger charge is -2.26. The van der Waals surface area contributed by atoms with E-state index in [2.05, 4.69) is 29.3 Å². The number of nitrogens with zero attached hydrogens (tertiary/aromatic N) is 2. The third-order valence-corrected chi connectivity index (χ3v) is 3.06. The van der Waals surface area contributed by atoms with Gasteiger partial charge in [0.2, 0.25) is 0 Å². The van der Waals surface area contributed by atoms with Crippen molar-refractivity contribution in [3.8, 4) is 0 Å². The van der Waals surface area contributed by atoms with Crippen LogP contribution in [-0.4, -0.2) is 42.0 Å². The van der Waals surface area contributed by atoms with Crippen LogP contribution in [-0.2, 0) is 0 Å². The third-order valence-electron chi connectivity index (χ3n) is 2.47. The SMILES string of the molecule is CSCCN(C)C(CN)c1cccnc1. The number of rotatable bonds is 6. The van der Waals surface area contributed by atoms with Crippen molar-refractivity contribution in [3.05, 3.63) is 30.1 Å². The largest absolute Gasteiger partial charge is 0.329 e. The van der Waals surface area contributed by atoms with Crippen molar-refractivity contribution >= 4 is 11.8 Å². The van der Waals surface area contributed by atoms with Gasteiger partial charge in [-0.05, 0) is 24.9 Å². The lowest BCUT2D eigenvalue weighted by atomic mass is 10.1. The highest BCUT2D eigenvalue weighted by Crippen LogP contribution is 2.16. The number of hydrogen-bond donors (Lipinski definition) is 1. The minimum Gasteiger partial charge on any atom is -0.329 e. The van der Waals surface area contributed by atoms with E-state index in [0.717, 1.165) is 12.3 Å². The molecule has 0 aromatic carbocycles. The fourth-order valence-corrected chi connectivity index (χ4v) is 2.01. The Morgan fingerprint density at radius 1 is 1.60 bits per heavy atom. The van der Waals surface area contributed by atoms with Gasteiger partial charge in [0.1, 0.15) is 0 Å². The van der Waals surface area contributed by atoms with Gasteiger partial charge in [0, 0.05) is 37.3 Å². The molecule has 0 aliphatic heterocycles. The van der Waals surface area contributed by atoms with Gasteiger partial charge in [-0.2, -0.15) is 11.8 Å². The van der Waals surface area contributed by atoms with Crippen LogP contribution in [0.1, 0.15) is 11.6 Å². The van der Waals surface area contributed by atoms with Crippen LogP contribution in [0.4, 0.5) is 0 Å². The van der Waals surface area contributed by atoms with E-state index >= 15 is 0 Å². The lowest BCUT2D eigenvalue weighted by molar-refractivity contribution is 0.265. The van der Waals surface area contributed by atoms with Gasteiger partial charge in [-0.25, -0.2) is 0 Å². The predicted octanol–water partition coefficient (Wildman–Crippen LogP) is 1.38. The van der Waals surface area contributed by atoms with Crippen molar-refractivity contribution in [2.45, 2.75) is 6.04 Å². The minimum atomic E-state index is 0.283. The minimum absolute atomic E-state index is 0.283. The zero-order valence-electron chi connectivity index (χ0n) is 9.39. The molecule has 2 N–H and O–H groups in total. The Labute approximate surface area is 96.1 Å². The fraction of sp³-hybridized carbons (Fsp3) is 0.545. The van der Waals surface area contributed by atoms with Crippen LogP contribution >= 0.6 is 11.8 Å². The summed E-state index contributed by atoms with van der Waals surface area (Å²) in [6.07, 6.45) is 5.81. The summed E-state index contributed by atoms with van der Waals surface area (Å²) in [4.78, 5) is 6.41. The van der Waals surface area contributed by atoms with E-state index in [1.165, 1.54) is 5.56 Å². The maximum Gasteiger partial charge on any atom is 0.0482 e. The van der Waals surface area contributed by atoms with E-state index in [9.17, 15) is 0 Å². The Morgan fingerprint density at radius 3 is 2.93 bits per heavy atom. The standard InChI is InChI=1S/C11H19N3S/c1-14(6-7-15-2)11(8-12)10-4-3-5-13-9-10/h3-5,9,11H,6-8,12H2,1-2H3. The van der Waals surface area contributed by atoms with Crippen molar-refractivity contribution < 1.29 is 0 Å². The van der Waals surface area contributed by atoms with Crippen LogP contribution < -0.4 is 5.73 Å². The smallest absolute Gasteiger partial charge is 0.0482 e. The van der Waals surface area contributed by atoms with Gasteiger partial charge in [0.15, 0.2) is 0 Å². The first-order chi connectivity index (χ1) is 7.29. The number of thioether (sulfide) groups is 1. The van der Waals surface area contributed by atoms with Crippen LogP contribution in [0.3, 0.4) is 0 Å². The summed E-state index contributed by atoms with van der Waals surface area (Å²) in [6.45, 7) is 1.69. The zero-order chi connectivity index (χ0) is 11.1. The molecule has 0 aliphatic rings. The second-order valence-corrected chi connectivity index (χ2v) is 4.50. The molecule has 3 nitrogen and oxygen atoms in total. The average Bonchev–Trinajstić information content (AvgIpc) is 2.29. The molecule has 0 fully saturated rings. The first-order valence-electron chi connectivity index (χ1n) is 5.08. The highest BCUT2D eigenvalue weighted by Gasteiger charge is 2.14. The molecule has 84 valence electrons. The van der Waals surface area contributed by atoms with Crippen LogP contribution in [0.15, 0.2) is 24.5 Å². The highest BCUT2D eigenvalue weighted by atomic mass is 32.2. The summed E-state index contributed by atoms with van der Waals surface area (Å²) >= 11 is 1.85. The van der Waals surface area contributed by atoms with Crippen molar-refractivity contribution in [1.82, 2.24) is 9.88 Å². The molecule has 1 aromatic heterocycles. The van der Waals surface area contributed by atoms with Gasteiger partial charge in [-0.1, -0.05) is 6.07 Å². The molecule has 0 saturated heterocycles. The second kappa shape index (κ2) is 6.82. The topological polar surface area (TPSA) is 42.1 Å². The average molecular weight is 225 g/mol. The normalized spacial score (nSPS) is 13.1. The molecule has 1 unspecified atom stereocenters. The lowest BCUT2D eigenvalue weighted by Crippen LogP contribution is -2.32. The molecule has 0 saturated carbocycles. The maximum atomic E-state index is 5.80. The van der Waals surface area contributed by atoms with Gasteiger partial charge in [-0.15, -0.1) is 0 Å². The van der Waals surface area contributed by atoms with Gasteiger partial charge in [-0.3, -0.25) is 9.88 Å². The number of nitrogens with two attached hydrogens (primary N) is 1. The van der Waals surface area contributed by atoms with Crippen LogP contribution in [0.25, 0.3) is 0 Å². The van der Waals surface area contributed by atoms with E-state index in [4.69, 9.17) is 5.73 Å². The molecule has 1 rings (SSSR count). The van der Waals surface area contributed by atoms with E-state index in [0.29, 0.717) is 6.54 Å². The molecule has 1 atom stereocenters. The monoisotopic (exact) mass is 225 g/mol. The first-order valence-corrected chi connectivity index (χ1v) is 6.48. The van der Waals surface area contributed by atoms with Gasteiger partial charge < -0.3 is 5.73 Å². The van der Waals surface area contributed by atoms with E-state index < -0.39 is 0 Å². The Hall–Kier alpha value is -0.580. The summed E-state index contributed by atoms with van der Waals surface area (Å²) in [5.74, 6) is 1.13. The van der Waals surface area contributed by atoms with Crippen molar-refractivity contribution in [2.24, 2.45) is 5.73 Å². The summed E-state index contributed by atoms with van der Waals surface area (Å²) in [7, 11) is 2.11. The zero-order valence-corrected chi connectivity index (χ0v) is 10.2. The molecule has 1 aromatic rings. The quantitative estimate of drug-likeness (QED) is 0.794. The Morgan fingerprint density at radius 2 is 2.40 bits per heavy atom. The van der Waals surface area contributed by atoms with Crippen molar-refractivity contribution in [3.63, 3.8) is 0 Å². The van der Waals surface area contributed by atoms with Gasteiger partial charge in [0.05, 0.1) is 0 Å². The molecule has 4 heteroatoms. The van der Waals surface area contributed by atoms with Crippen LogP contribution in [0.5, 0.6) is 0 Å². The number of hydrogen-bond acceptors (Lipinski definition) is 4. The van der Waals surface area contributed by atoms with E-state index in [1.54, 1.807) is 6.20 Å². The predicted molar refractivity (Wildman–Crippen MR) is 67.0 cm³/mol. The molecule has 15 heavy (non-hydrogen) atoms. The fourth-order valence-electron chi connectivity index (χ4n) is 1.53. The summed E-state index contributed by atoms with van der Waals surface area (Å²) in [5, 5.41) is 0. The van der Waals surface area contributed by atoms with E-state index in [-0.39, 0.29) is 6.04 Å². The molecular weight excluding hydrogens is 206 g/mol. The highest BCUT2D eigenvalue weighted by molar-refractivity contribution is 7.98. The number of likely N-dealkylation sites (N-methyl/N-ethyl adjacent to an activating group) is 1. The Kier molecular flexibility index (Phi) is 5.68. The summed E-state index contributed by atoms with van der Waals surface area (Å²) in [5.41, 5.74) is 7.00. The first kappa shape index (κ1) is 12.5. The number of aromatic nitrogens is 1. The third kappa shape index (κ3) is 3.81. The number of pyridine rings is 1. The maximum absolute atomic E-state index is 5.80. The molecule has 0 radical (unpaired) electrons. The van der Waals surface area contributed by atoms with E-state index in [1.807, 2.05) is 24.0 Å². The van der Waals surface area contributed by atoms with Crippen LogP contribution in [0.2, 0.25) is 0 Å².